The van der Waals surface area contributed by atoms with E-state index < -0.39 is 0 Å². The van der Waals surface area contributed by atoms with E-state index in [1.54, 1.807) is 0 Å². The normalized spacial score (nSPS) is 27.7. The first-order chi connectivity index (χ1) is 10.8. The summed E-state index contributed by atoms with van der Waals surface area (Å²) in [7, 11) is 0. The molecule has 3 fully saturated rings. The summed E-state index contributed by atoms with van der Waals surface area (Å²) < 4.78 is 0. The Bertz CT molecular complexity index is 362. The van der Waals surface area contributed by atoms with Crippen molar-refractivity contribution in [3.8, 4) is 0 Å². The summed E-state index contributed by atoms with van der Waals surface area (Å²) in [5, 5.41) is 0. The van der Waals surface area contributed by atoms with Gasteiger partial charge in [-0.05, 0) is 44.9 Å². The van der Waals surface area contributed by atoms with Crippen LogP contribution in [0.1, 0.15) is 64.2 Å². The van der Waals surface area contributed by atoms with Gasteiger partial charge in [-0.1, -0.05) is 19.3 Å². The molecule has 2 aliphatic heterocycles. The summed E-state index contributed by atoms with van der Waals surface area (Å²) in [6.07, 6.45) is 11.3. The van der Waals surface area contributed by atoms with Crippen molar-refractivity contribution >= 4 is 11.8 Å². The fourth-order valence-corrected chi connectivity index (χ4v) is 4.36. The molecule has 0 N–H and O–H groups in total. The quantitative estimate of drug-likeness (QED) is 0.787. The minimum atomic E-state index is 0.0550. The van der Waals surface area contributed by atoms with Crippen molar-refractivity contribution in [2.75, 3.05) is 26.2 Å². The number of amides is 2. The maximum absolute atomic E-state index is 12.7. The fourth-order valence-electron chi connectivity index (χ4n) is 4.36. The highest BCUT2D eigenvalue weighted by atomic mass is 16.2. The number of nitrogens with zero attached hydrogens (tertiary/aromatic N) is 2. The number of hydrogen-bond donors (Lipinski definition) is 0. The van der Waals surface area contributed by atoms with Gasteiger partial charge in [0.15, 0.2) is 0 Å². The van der Waals surface area contributed by atoms with Gasteiger partial charge in [0.2, 0.25) is 11.8 Å². The van der Waals surface area contributed by atoms with E-state index in [0.29, 0.717) is 18.4 Å². The van der Waals surface area contributed by atoms with Gasteiger partial charge in [-0.3, -0.25) is 9.59 Å². The molecule has 0 aromatic heterocycles. The molecule has 2 amide bonds. The molecule has 0 bridgehead atoms. The number of carbonyl (C=O) groups is 2. The average Bonchev–Trinajstić information content (AvgIpc) is 2.62. The summed E-state index contributed by atoms with van der Waals surface area (Å²) in [4.78, 5) is 29.4. The Morgan fingerprint density at radius 1 is 0.591 bits per heavy atom. The highest BCUT2D eigenvalue weighted by Gasteiger charge is 2.34. The largest absolute Gasteiger partial charge is 0.342 e. The van der Waals surface area contributed by atoms with Gasteiger partial charge in [0.25, 0.3) is 0 Å². The lowest BCUT2D eigenvalue weighted by molar-refractivity contribution is -0.143. The Kier molecular flexibility index (Phi) is 5.37. The molecule has 1 aliphatic carbocycles. The van der Waals surface area contributed by atoms with Crippen LogP contribution in [0.3, 0.4) is 0 Å². The molecule has 1 saturated carbocycles. The Balaban J connectivity index is 1.56. The molecular weight excluding hydrogens is 276 g/mol. The molecule has 0 unspecified atom stereocenters. The molecule has 2 saturated heterocycles. The van der Waals surface area contributed by atoms with Gasteiger partial charge in [0, 0.05) is 32.1 Å². The average molecular weight is 306 g/mol. The Hall–Kier alpha value is -1.06. The van der Waals surface area contributed by atoms with Crippen LogP contribution in [0, 0.1) is 11.8 Å². The SMILES string of the molecule is O=C(C1CCCCC1)N1CCC[C@H](C(=O)N2CCCCC2)C1. The van der Waals surface area contributed by atoms with Crippen molar-refractivity contribution in [1.29, 1.82) is 0 Å². The van der Waals surface area contributed by atoms with Crippen molar-refractivity contribution < 1.29 is 9.59 Å². The van der Waals surface area contributed by atoms with Crippen LogP contribution in [0.5, 0.6) is 0 Å². The molecule has 3 aliphatic rings. The third-order valence-corrected chi connectivity index (χ3v) is 5.70. The van der Waals surface area contributed by atoms with Crippen LogP contribution >= 0.6 is 0 Å². The minimum absolute atomic E-state index is 0.0550. The molecule has 22 heavy (non-hydrogen) atoms. The van der Waals surface area contributed by atoms with E-state index in [9.17, 15) is 9.59 Å². The van der Waals surface area contributed by atoms with Gasteiger partial charge in [-0.25, -0.2) is 0 Å². The van der Waals surface area contributed by atoms with E-state index in [1.807, 2.05) is 9.80 Å². The molecule has 1 atom stereocenters. The van der Waals surface area contributed by atoms with E-state index in [2.05, 4.69) is 0 Å². The van der Waals surface area contributed by atoms with Crippen LogP contribution in [0.2, 0.25) is 0 Å². The molecule has 2 heterocycles. The number of rotatable bonds is 2. The van der Waals surface area contributed by atoms with Crippen LogP contribution in [0.4, 0.5) is 0 Å². The lowest BCUT2D eigenvalue weighted by Gasteiger charge is -2.38. The Morgan fingerprint density at radius 2 is 1.14 bits per heavy atom. The van der Waals surface area contributed by atoms with Gasteiger partial charge >= 0.3 is 0 Å². The topological polar surface area (TPSA) is 40.6 Å². The molecule has 0 radical (unpaired) electrons. The summed E-state index contributed by atoms with van der Waals surface area (Å²) >= 11 is 0. The minimum Gasteiger partial charge on any atom is -0.342 e. The van der Waals surface area contributed by atoms with Crippen molar-refractivity contribution in [3.05, 3.63) is 0 Å². The molecule has 0 aromatic rings. The molecule has 3 rings (SSSR count). The summed E-state index contributed by atoms with van der Waals surface area (Å²) in [5.41, 5.74) is 0. The first-order valence-electron chi connectivity index (χ1n) is 9.33. The zero-order valence-electron chi connectivity index (χ0n) is 13.8. The predicted octanol–water partition coefficient (Wildman–Crippen LogP) is 2.82. The number of hydrogen-bond acceptors (Lipinski definition) is 2. The molecule has 0 spiro atoms. The summed E-state index contributed by atoms with van der Waals surface area (Å²) in [6.45, 7) is 3.38. The van der Waals surface area contributed by atoms with Crippen molar-refractivity contribution in [1.82, 2.24) is 9.80 Å². The monoisotopic (exact) mass is 306 g/mol. The number of carbonyl (C=O) groups excluding carboxylic acids is 2. The van der Waals surface area contributed by atoms with E-state index in [4.69, 9.17) is 0 Å². The summed E-state index contributed by atoms with van der Waals surface area (Å²) in [6, 6.07) is 0. The van der Waals surface area contributed by atoms with Crippen LogP contribution < -0.4 is 0 Å². The first-order valence-corrected chi connectivity index (χ1v) is 9.33. The first kappa shape index (κ1) is 15.8. The van der Waals surface area contributed by atoms with Crippen LogP contribution in [-0.2, 0) is 9.59 Å². The zero-order chi connectivity index (χ0) is 15.4. The lowest BCUT2D eigenvalue weighted by atomic mass is 9.87. The van der Waals surface area contributed by atoms with Crippen LogP contribution in [0.25, 0.3) is 0 Å². The second-order valence-electron chi connectivity index (χ2n) is 7.34. The van der Waals surface area contributed by atoms with Gasteiger partial charge < -0.3 is 9.80 Å². The van der Waals surface area contributed by atoms with Crippen LogP contribution in [0.15, 0.2) is 0 Å². The van der Waals surface area contributed by atoms with E-state index in [0.717, 1.165) is 58.2 Å². The highest BCUT2D eigenvalue weighted by molar-refractivity contribution is 5.82. The number of piperidine rings is 2. The van der Waals surface area contributed by atoms with Gasteiger partial charge in [0.05, 0.1) is 5.92 Å². The van der Waals surface area contributed by atoms with Crippen molar-refractivity contribution in [3.63, 3.8) is 0 Å². The molecule has 124 valence electrons. The van der Waals surface area contributed by atoms with E-state index in [-0.39, 0.29) is 11.8 Å². The van der Waals surface area contributed by atoms with Gasteiger partial charge in [0.1, 0.15) is 0 Å². The van der Waals surface area contributed by atoms with Crippen molar-refractivity contribution in [2.45, 2.75) is 64.2 Å². The van der Waals surface area contributed by atoms with Crippen molar-refractivity contribution in [2.24, 2.45) is 11.8 Å². The van der Waals surface area contributed by atoms with Gasteiger partial charge in [-0.15, -0.1) is 0 Å². The maximum Gasteiger partial charge on any atom is 0.227 e. The third-order valence-electron chi connectivity index (χ3n) is 5.70. The lowest BCUT2D eigenvalue weighted by Crippen LogP contribution is -2.49. The van der Waals surface area contributed by atoms with Crippen LogP contribution in [-0.4, -0.2) is 47.8 Å². The predicted molar refractivity (Wildman–Crippen MR) is 86.3 cm³/mol. The van der Waals surface area contributed by atoms with E-state index >= 15 is 0 Å². The summed E-state index contributed by atoms with van der Waals surface area (Å²) in [5.74, 6) is 0.925. The second-order valence-corrected chi connectivity index (χ2v) is 7.34. The molecule has 4 heteroatoms. The third kappa shape index (κ3) is 3.64. The van der Waals surface area contributed by atoms with E-state index in [1.165, 1.54) is 25.7 Å². The second kappa shape index (κ2) is 7.47. The maximum atomic E-state index is 12.7. The molecule has 4 nitrogen and oxygen atoms in total. The molecule has 0 aromatic carbocycles. The molecular formula is C18H30N2O2. The smallest absolute Gasteiger partial charge is 0.227 e. The standard InChI is InChI=1S/C18H30N2O2/c21-17(15-8-3-1-4-9-15)20-13-7-10-16(14-20)18(22)19-11-5-2-6-12-19/h15-16H,1-14H2/t16-/m0/s1. The number of likely N-dealkylation sites (tertiary alicyclic amines) is 2. The highest BCUT2D eigenvalue weighted by Crippen LogP contribution is 2.28. The fraction of sp³-hybridized carbons (Fsp3) is 0.889. The van der Waals surface area contributed by atoms with Gasteiger partial charge in [-0.2, -0.15) is 0 Å². The Labute approximate surface area is 134 Å². The zero-order valence-corrected chi connectivity index (χ0v) is 13.8. The Morgan fingerprint density at radius 3 is 1.86 bits per heavy atom.